The van der Waals surface area contributed by atoms with Crippen LogP contribution in [-0.4, -0.2) is 65.3 Å². The normalized spacial score (nSPS) is 13.5. The van der Waals surface area contributed by atoms with Gasteiger partial charge in [-0.15, -0.1) is 0 Å². The molecule has 0 aliphatic carbocycles. The van der Waals surface area contributed by atoms with Crippen LogP contribution in [0.2, 0.25) is 10.0 Å². The molecule has 4 rings (SSSR count). The molecule has 3 N–H and O–H groups in total. The molecular weight excluding hydrogens is 496 g/mol. The number of aromatic nitrogens is 2. The van der Waals surface area contributed by atoms with Crippen molar-refractivity contribution in [1.29, 1.82) is 0 Å². The zero-order valence-electron chi connectivity index (χ0n) is 18.7. The van der Waals surface area contributed by atoms with Gasteiger partial charge in [-0.25, -0.2) is 14.4 Å². The van der Waals surface area contributed by atoms with E-state index < -0.39 is 5.82 Å². The number of anilines is 2. The second-order valence-corrected chi connectivity index (χ2v) is 8.73. The van der Waals surface area contributed by atoms with E-state index in [4.69, 9.17) is 33.0 Å². The number of ether oxygens (including phenoxy) is 1. The van der Waals surface area contributed by atoms with Gasteiger partial charge in [-0.05, 0) is 24.3 Å². The topological polar surface area (TPSA) is 99.6 Å². The van der Waals surface area contributed by atoms with E-state index in [1.807, 2.05) is 12.1 Å². The number of aliphatic hydroxyl groups excluding tert-OH is 1. The van der Waals surface area contributed by atoms with Gasteiger partial charge in [-0.3, -0.25) is 4.79 Å². The molecular formula is C24H24Cl2FN5O3. The number of amides is 1. The molecule has 0 saturated carbocycles. The fourth-order valence-corrected chi connectivity index (χ4v) is 4.13. The van der Waals surface area contributed by atoms with Gasteiger partial charge in [0, 0.05) is 49.1 Å². The Morgan fingerprint density at radius 3 is 2.83 bits per heavy atom. The first-order valence-corrected chi connectivity index (χ1v) is 11.7. The maximum Gasteiger partial charge on any atom is 0.245 e. The van der Waals surface area contributed by atoms with Gasteiger partial charge in [-0.2, -0.15) is 0 Å². The Bertz CT molecular complexity index is 1250. The number of fused-ring (bicyclic) bond motifs is 1. The lowest BCUT2D eigenvalue weighted by molar-refractivity contribution is -0.130. The summed E-state index contributed by atoms with van der Waals surface area (Å²) in [6.45, 7) is 6.04. The molecule has 1 aliphatic rings. The number of likely N-dealkylation sites (tertiary alicyclic amines) is 1. The molecule has 0 unspecified atom stereocenters. The second-order valence-electron chi connectivity index (χ2n) is 7.94. The minimum absolute atomic E-state index is 0.0402. The Morgan fingerprint density at radius 1 is 1.29 bits per heavy atom. The molecule has 1 aliphatic heterocycles. The molecule has 1 fully saturated rings. The number of benzene rings is 2. The van der Waals surface area contributed by atoms with Gasteiger partial charge in [0.05, 0.1) is 27.9 Å². The number of halogens is 3. The van der Waals surface area contributed by atoms with Crippen LogP contribution in [0.3, 0.4) is 0 Å². The Balaban J connectivity index is 1.67. The number of nitrogens with zero attached hydrogens (tertiary/aromatic N) is 3. The summed E-state index contributed by atoms with van der Waals surface area (Å²) in [5.41, 5.74) is 1.62. The van der Waals surface area contributed by atoms with E-state index in [0.717, 1.165) is 5.56 Å². The molecule has 1 aromatic heterocycles. The highest BCUT2D eigenvalue weighted by Crippen LogP contribution is 2.39. The lowest BCUT2D eigenvalue weighted by Gasteiger charge is -2.39. The summed E-state index contributed by atoms with van der Waals surface area (Å²) in [4.78, 5) is 22.3. The summed E-state index contributed by atoms with van der Waals surface area (Å²) in [6, 6.07) is 6.71. The van der Waals surface area contributed by atoms with Crippen molar-refractivity contribution in [3.63, 3.8) is 0 Å². The summed E-state index contributed by atoms with van der Waals surface area (Å²) < 4.78 is 20.7. The van der Waals surface area contributed by atoms with Crippen LogP contribution in [0, 0.1) is 5.82 Å². The summed E-state index contributed by atoms with van der Waals surface area (Å²) in [7, 11) is 0. The van der Waals surface area contributed by atoms with Crippen molar-refractivity contribution in [3.05, 3.63) is 64.7 Å². The minimum Gasteiger partial charge on any atom is -0.492 e. The molecule has 8 nitrogen and oxygen atoms in total. The van der Waals surface area contributed by atoms with Crippen LogP contribution in [0.1, 0.15) is 11.5 Å². The van der Waals surface area contributed by atoms with E-state index in [1.54, 1.807) is 4.90 Å². The van der Waals surface area contributed by atoms with Crippen LogP contribution >= 0.6 is 23.2 Å². The number of carbonyl (C=O) groups is 1. The largest absolute Gasteiger partial charge is 0.492 e. The van der Waals surface area contributed by atoms with Gasteiger partial charge >= 0.3 is 0 Å². The van der Waals surface area contributed by atoms with Gasteiger partial charge < -0.3 is 25.4 Å². The quantitative estimate of drug-likeness (QED) is 0.212. The predicted molar refractivity (Wildman–Crippen MR) is 134 cm³/mol. The third-order valence-corrected chi connectivity index (χ3v) is 6.47. The van der Waals surface area contributed by atoms with Crippen LogP contribution < -0.4 is 15.4 Å². The molecule has 3 aromatic rings. The third-order valence-electron chi connectivity index (χ3n) is 5.69. The predicted octanol–water partition coefficient (Wildman–Crippen LogP) is 3.89. The van der Waals surface area contributed by atoms with Crippen molar-refractivity contribution < 1.29 is 19.0 Å². The van der Waals surface area contributed by atoms with Gasteiger partial charge in [0.2, 0.25) is 5.91 Å². The monoisotopic (exact) mass is 519 g/mol. The van der Waals surface area contributed by atoms with E-state index in [0.29, 0.717) is 55.3 Å². The minimum atomic E-state index is -0.681. The molecule has 2 aromatic carbocycles. The first-order chi connectivity index (χ1) is 16.9. The van der Waals surface area contributed by atoms with E-state index in [1.165, 1.54) is 24.5 Å². The van der Waals surface area contributed by atoms with Gasteiger partial charge in [-0.1, -0.05) is 29.8 Å². The average Bonchev–Trinajstić information content (AvgIpc) is 2.83. The molecule has 0 radical (unpaired) electrons. The Morgan fingerprint density at radius 2 is 2.09 bits per heavy atom. The maximum atomic E-state index is 14.7. The number of carbonyl (C=O) groups excluding carboxylic acids is 1. The Kier molecular flexibility index (Phi) is 8.02. The van der Waals surface area contributed by atoms with Crippen molar-refractivity contribution in [1.82, 2.24) is 20.2 Å². The Labute approximate surface area is 211 Å². The molecule has 1 amide bonds. The van der Waals surface area contributed by atoms with E-state index >= 15 is 0 Å². The van der Waals surface area contributed by atoms with Crippen molar-refractivity contribution in [2.75, 3.05) is 44.7 Å². The standard InChI is InChI=1S/C24H24Cl2FN5O3/c1-2-21(34)32-11-14(12-32)15-9-16-19(10-20(15)35-8-6-28-5-7-33)29-13-30-24(16)31-18-4-3-17(25)22(26)23(18)27/h2-4,9-10,13-14,28,33H,1,5-8,11-12H2,(H,29,30,31). The SMILES string of the molecule is C=CC(=O)N1CC(c2cc3c(Nc4ccc(Cl)c(Cl)c4F)ncnc3cc2OCCNCCO)C1. The molecule has 11 heteroatoms. The van der Waals surface area contributed by atoms with Gasteiger partial charge in [0.1, 0.15) is 24.5 Å². The fourth-order valence-electron chi connectivity index (χ4n) is 3.82. The van der Waals surface area contributed by atoms with Crippen LogP contribution in [0.4, 0.5) is 15.9 Å². The highest BCUT2D eigenvalue weighted by molar-refractivity contribution is 6.42. The molecule has 0 bridgehead atoms. The van der Waals surface area contributed by atoms with Crippen LogP contribution in [-0.2, 0) is 4.79 Å². The third kappa shape index (κ3) is 5.48. The fraction of sp³-hybridized carbons (Fsp3) is 0.292. The van der Waals surface area contributed by atoms with Crippen LogP contribution in [0.5, 0.6) is 5.75 Å². The highest BCUT2D eigenvalue weighted by Gasteiger charge is 2.33. The van der Waals surface area contributed by atoms with Gasteiger partial charge in [0.25, 0.3) is 0 Å². The molecule has 35 heavy (non-hydrogen) atoms. The van der Waals surface area contributed by atoms with Crippen molar-refractivity contribution in [3.8, 4) is 5.75 Å². The molecule has 1 saturated heterocycles. The summed E-state index contributed by atoms with van der Waals surface area (Å²) in [5, 5.41) is 15.6. The van der Waals surface area contributed by atoms with E-state index in [9.17, 15) is 9.18 Å². The summed E-state index contributed by atoms with van der Waals surface area (Å²) in [6.07, 6.45) is 2.67. The summed E-state index contributed by atoms with van der Waals surface area (Å²) >= 11 is 11.9. The number of nitrogens with one attached hydrogen (secondary N) is 2. The zero-order valence-corrected chi connectivity index (χ0v) is 20.2. The number of aliphatic hydroxyl groups is 1. The molecule has 2 heterocycles. The highest BCUT2D eigenvalue weighted by atomic mass is 35.5. The van der Waals surface area contributed by atoms with Crippen molar-refractivity contribution >= 4 is 51.5 Å². The zero-order chi connectivity index (χ0) is 24.9. The van der Waals surface area contributed by atoms with Crippen molar-refractivity contribution in [2.24, 2.45) is 0 Å². The van der Waals surface area contributed by atoms with Crippen LogP contribution in [0.25, 0.3) is 10.9 Å². The first kappa shape index (κ1) is 25.1. The Hall–Kier alpha value is -2.98. The summed E-state index contributed by atoms with van der Waals surface area (Å²) in [5.74, 6) is 0.267. The lowest BCUT2D eigenvalue weighted by Crippen LogP contribution is -2.47. The van der Waals surface area contributed by atoms with Crippen LogP contribution in [0.15, 0.2) is 43.2 Å². The molecule has 0 spiro atoms. The van der Waals surface area contributed by atoms with E-state index in [2.05, 4.69) is 27.2 Å². The van der Waals surface area contributed by atoms with Crippen molar-refractivity contribution in [2.45, 2.75) is 5.92 Å². The second kappa shape index (κ2) is 11.2. The number of hydrogen-bond donors (Lipinski definition) is 3. The number of hydrogen-bond acceptors (Lipinski definition) is 7. The average molecular weight is 520 g/mol. The maximum absolute atomic E-state index is 14.7. The molecule has 184 valence electrons. The first-order valence-electron chi connectivity index (χ1n) is 11.0. The van der Waals surface area contributed by atoms with E-state index in [-0.39, 0.29) is 34.2 Å². The van der Waals surface area contributed by atoms with Gasteiger partial charge in [0.15, 0.2) is 5.82 Å². The number of rotatable bonds is 10. The lowest BCUT2D eigenvalue weighted by atomic mass is 9.89. The molecule has 0 atom stereocenters. The smallest absolute Gasteiger partial charge is 0.245 e.